The molecule has 0 radical (unpaired) electrons. The van der Waals surface area contributed by atoms with Crippen LogP contribution in [0.1, 0.15) is 24.6 Å². The lowest BCUT2D eigenvalue weighted by molar-refractivity contribution is 0.0202. The van der Waals surface area contributed by atoms with E-state index in [0.29, 0.717) is 12.0 Å². The Kier molecular flexibility index (Phi) is 7.91. The van der Waals surface area contributed by atoms with Crippen LogP contribution in [-0.4, -0.2) is 49.3 Å². The van der Waals surface area contributed by atoms with E-state index in [1.54, 1.807) is 0 Å². The molecule has 0 amide bonds. The number of halogens is 2. The summed E-state index contributed by atoms with van der Waals surface area (Å²) in [6, 6.07) is 13.3. The number of piperazine rings is 1. The molecule has 0 unspecified atom stereocenters. The highest BCUT2D eigenvalue weighted by Crippen LogP contribution is 2.35. The minimum atomic E-state index is 0. The van der Waals surface area contributed by atoms with Gasteiger partial charge in [-0.25, -0.2) is 0 Å². The van der Waals surface area contributed by atoms with Crippen LogP contribution in [0.4, 0.5) is 0 Å². The summed E-state index contributed by atoms with van der Waals surface area (Å²) in [5.74, 6) is 0.649. The van der Waals surface area contributed by atoms with E-state index in [9.17, 15) is 0 Å². The maximum absolute atomic E-state index is 5.59. The first-order chi connectivity index (χ1) is 11.4. The monoisotopic (exact) mass is 383 g/mol. The molecule has 138 valence electrons. The normalized spacial score (nSPS) is 20.5. The van der Waals surface area contributed by atoms with Crippen molar-refractivity contribution in [2.45, 2.75) is 18.9 Å². The van der Waals surface area contributed by atoms with Gasteiger partial charge in [0.2, 0.25) is 0 Å². The summed E-state index contributed by atoms with van der Waals surface area (Å²) < 4.78 is 5.59. The predicted molar refractivity (Wildman–Crippen MR) is 107 cm³/mol. The third-order valence-electron chi connectivity index (χ3n) is 5.18. The number of nitrogens with one attached hydrogen (secondary N) is 1. The molecule has 2 saturated heterocycles. The molecule has 1 aromatic carbocycles. The molecule has 0 bridgehead atoms. The lowest BCUT2D eigenvalue weighted by Gasteiger charge is -2.40. The zero-order valence-corrected chi connectivity index (χ0v) is 16.0. The Morgan fingerprint density at radius 1 is 1.00 bits per heavy atom. The van der Waals surface area contributed by atoms with Crippen molar-refractivity contribution in [2.75, 3.05) is 39.4 Å². The van der Waals surface area contributed by atoms with Crippen LogP contribution in [0.15, 0.2) is 36.4 Å². The Balaban J connectivity index is 0.00000113. The van der Waals surface area contributed by atoms with Gasteiger partial charge in [0.05, 0.1) is 17.3 Å². The third-order valence-corrected chi connectivity index (χ3v) is 5.18. The molecule has 2 aromatic rings. The molecule has 2 aliphatic rings. The average molecular weight is 384 g/mol. The number of hydrogen-bond acceptors (Lipinski definition) is 4. The molecule has 0 saturated carbocycles. The van der Waals surface area contributed by atoms with E-state index in [1.165, 1.54) is 11.1 Å². The Hall–Kier alpha value is -0.910. The molecular formula is C19H27Cl2N3O. The minimum Gasteiger partial charge on any atom is -0.381 e. The maximum Gasteiger partial charge on any atom is 0.0706 e. The van der Waals surface area contributed by atoms with Crippen LogP contribution in [0.25, 0.3) is 10.9 Å². The van der Waals surface area contributed by atoms with Gasteiger partial charge >= 0.3 is 0 Å². The smallest absolute Gasteiger partial charge is 0.0706 e. The van der Waals surface area contributed by atoms with Crippen LogP contribution < -0.4 is 5.32 Å². The summed E-state index contributed by atoms with van der Waals surface area (Å²) in [6.07, 6.45) is 2.28. The highest BCUT2D eigenvalue weighted by Gasteiger charge is 2.32. The number of nitrogens with zero attached hydrogens (tertiary/aromatic N) is 2. The summed E-state index contributed by atoms with van der Waals surface area (Å²) in [6.45, 7) is 6.15. The fraction of sp³-hybridized carbons (Fsp3) is 0.526. The number of benzene rings is 1. The number of ether oxygens (including phenoxy) is 1. The SMILES string of the molecule is Cl.Cl.c1ccc2nc([C@@H](C3CCOCC3)N3CCNCC3)ccc2c1. The van der Waals surface area contributed by atoms with E-state index in [0.717, 1.165) is 57.8 Å². The predicted octanol–water partition coefficient (Wildman–Crippen LogP) is 3.45. The Morgan fingerprint density at radius 3 is 2.48 bits per heavy atom. The first-order valence-corrected chi connectivity index (χ1v) is 8.80. The van der Waals surface area contributed by atoms with Crippen molar-refractivity contribution in [1.82, 2.24) is 15.2 Å². The van der Waals surface area contributed by atoms with Gasteiger partial charge in [-0.05, 0) is 30.9 Å². The van der Waals surface area contributed by atoms with Gasteiger partial charge in [0.1, 0.15) is 0 Å². The highest BCUT2D eigenvalue weighted by atomic mass is 35.5. The fourth-order valence-electron chi connectivity index (χ4n) is 3.97. The van der Waals surface area contributed by atoms with Crippen LogP contribution in [0.5, 0.6) is 0 Å². The van der Waals surface area contributed by atoms with Crippen molar-refractivity contribution >= 4 is 35.7 Å². The summed E-state index contributed by atoms with van der Waals surface area (Å²) in [4.78, 5) is 7.65. The molecule has 0 aliphatic carbocycles. The van der Waals surface area contributed by atoms with Crippen molar-refractivity contribution in [3.05, 3.63) is 42.1 Å². The van der Waals surface area contributed by atoms with Crippen LogP contribution in [-0.2, 0) is 4.74 Å². The van der Waals surface area contributed by atoms with Crippen LogP contribution in [0.2, 0.25) is 0 Å². The molecule has 25 heavy (non-hydrogen) atoms. The van der Waals surface area contributed by atoms with Gasteiger partial charge in [0, 0.05) is 44.8 Å². The van der Waals surface area contributed by atoms with Crippen molar-refractivity contribution in [3.8, 4) is 0 Å². The quantitative estimate of drug-likeness (QED) is 0.880. The van der Waals surface area contributed by atoms with Gasteiger partial charge in [0.25, 0.3) is 0 Å². The summed E-state index contributed by atoms with van der Waals surface area (Å²) >= 11 is 0. The van der Waals surface area contributed by atoms with Gasteiger partial charge in [0.15, 0.2) is 0 Å². The Bertz CT molecular complexity index is 640. The van der Waals surface area contributed by atoms with Crippen molar-refractivity contribution in [3.63, 3.8) is 0 Å². The molecule has 1 aromatic heterocycles. The molecule has 2 fully saturated rings. The zero-order valence-electron chi connectivity index (χ0n) is 14.4. The van der Waals surface area contributed by atoms with Gasteiger partial charge in [-0.2, -0.15) is 0 Å². The Labute approximate surface area is 162 Å². The largest absolute Gasteiger partial charge is 0.381 e. The van der Waals surface area contributed by atoms with Gasteiger partial charge in [-0.1, -0.05) is 24.3 Å². The van der Waals surface area contributed by atoms with E-state index >= 15 is 0 Å². The summed E-state index contributed by atoms with van der Waals surface area (Å²) in [7, 11) is 0. The molecule has 2 aliphatic heterocycles. The number of aromatic nitrogens is 1. The molecule has 4 rings (SSSR count). The third kappa shape index (κ3) is 4.63. The van der Waals surface area contributed by atoms with Crippen molar-refractivity contribution in [2.24, 2.45) is 5.92 Å². The number of rotatable bonds is 3. The number of hydrogen-bond donors (Lipinski definition) is 1. The highest BCUT2D eigenvalue weighted by molar-refractivity contribution is 5.85. The first kappa shape index (κ1) is 20.4. The molecule has 0 spiro atoms. The summed E-state index contributed by atoms with van der Waals surface area (Å²) in [5.41, 5.74) is 2.34. The lowest BCUT2D eigenvalue weighted by atomic mass is 9.87. The van der Waals surface area contributed by atoms with E-state index in [-0.39, 0.29) is 24.8 Å². The van der Waals surface area contributed by atoms with Crippen molar-refractivity contribution in [1.29, 1.82) is 0 Å². The second-order valence-corrected chi connectivity index (χ2v) is 6.61. The second kappa shape index (κ2) is 9.70. The van der Waals surface area contributed by atoms with E-state index in [2.05, 4.69) is 46.6 Å². The number of fused-ring (bicyclic) bond motifs is 1. The average Bonchev–Trinajstić information content (AvgIpc) is 2.64. The number of pyridine rings is 1. The first-order valence-electron chi connectivity index (χ1n) is 8.80. The lowest BCUT2D eigenvalue weighted by Crippen LogP contribution is -2.47. The van der Waals surface area contributed by atoms with Crippen LogP contribution in [0, 0.1) is 5.92 Å². The van der Waals surface area contributed by atoms with Gasteiger partial charge < -0.3 is 10.1 Å². The van der Waals surface area contributed by atoms with Crippen LogP contribution in [0.3, 0.4) is 0 Å². The topological polar surface area (TPSA) is 37.4 Å². The molecule has 4 nitrogen and oxygen atoms in total. The van der Waals surface area contributed by atoms with E-state index in [4.69, 9.17) is 9.72 Å². The molecular weight excluding hydrogens is 357 g/mol. The van der Waals surface area contributed by atoms with Gasteiger partial charge in [-0.3, -0.25) is 9.88 Å². The molecule has 6 heteroatoms. The van der Waals surface area contributed by atoms with Crippen molar-refractivity contribution < 1.29 is 4.74 Å². The zero-order chi connectivity index (χ0) is 15.5. The maximum atomic E-state index is 5.59. The minimum absolute atomic E-state index is 0. The molecule has 3 heterocycles. The van der Waals surface area contributed by atoms with Crippen LogP contribution >= 0.6 is 24.8 Å². The molecule has 1 N–H and O–H groups in total. The standard InChI is InChI=1S/C19H25N3O.2ClH/c1-2-4-17-15(3-1)5-6-18(21-17)19(16-7-13-23-14-8-16)22-11-9-20-10-12-22;;/h1-6,16,19-20H,7-14H2;2*1H/t19-;;/m1../s1. The molecule has 1 atom stereocenters. The Morgan fingerprint density at radius 2 is 1.72 bits per heavy atom. The van der Waals surface area contributed by atoms with Gasteiger partial charge in [-0.15, -0.1) is 24.8 Å². The second-order valence-electron chi connectivity index (χ2n) is 6.61. The number of para-hydroxylation sites is 1. The van der Waals surface area contributed by atoms with E-state index in [1.807, 2.05) is 0 Å². The van der Waals surface area contributed by atoms with E-state index < -0.39 is 0 Å². The summed E-state index contributed by atoms with van der Waals surface area (Å²) in [5, 5.41) is 4.69. The fourth-order valence-corrected chi connectivity index (χ4v) is 3.97.